The summed E-state index contributed by atoms with van der Waals surface area (Å²) < 4.78 is 0. The maximum Gasteiger partial charge on any atom is 0.322 e. The zero-order valence-electron chi connectivity index (χ0n) is 15.7. The third-order valence-electron chi connectivity index (χ3n) is 3.77. The summed E-state index contributed by atoms with van der Waals surface area (Å²) in [6.07, 6.45) is 1.60. The maximum atomic E-state index is 12.6. The molecule has 0 heterocycles. The van der Waals surface area contributed by atoms with Crippen molar-refractivity contribution >= 4 is 36.3 Å². The Morgan fingerprint density at radius 1 is 1.04 bits per heavy atom. The van der Waals surface area contributed by atoms with Gasteiger partial charge >= 0.3 is 5.97 Å². The highest BCUT2D eigenvalue weighted by Crippen LogP contribution is 2.06. The van der Waals surface area contributed by atoms with Crippen LogP contribution in [-0.2, 0) is 19.2 Å². The normalized spacial score (nSPS) is 14.1. The topological polar surface area (TPSA) is 177 Å². The van der Waals surface area contributed by atoms with Gasteiger partial charge in [0.2, 0.25) is 17.7 Å². The van der Waals surface area contributed by atoms with Crippen LogP contribution in [0.25, 0.3) is 0 Å². The molecular formula is C16H31N5O5S. The van der Waals surface area contributed by atoms with Crippen molar-refractivity contribution in [3.05, 3.63) is 0 Å². The van der Waals surface area contributed by atoms with Crippen LogP contribution in [0.3, 0.4) is 0 Å². The molecule has 8 N–H and O–H groups in total. The molecule has 0 bridgehead atoms. The third-order valence-corrected chi connectivity index (χ3v) is 4.17. The van der Waals surface area contributed by atoms with Crippen LogP contribution < -0.4 is 27.4 Å². The minimum Gasteiger partial charge on any atom is -0.480 e. The summed E-state index contributed by atoms with van der Waals surface area (Å²) in [6.45, 7) is 3.32. The molecule has 3 amide bonds. The average molecular weight is 406 g/mol. The number of rotatable bonds is 13. The van der Waals surface area contributed by atoms with Crippen molar-refractivity contribution in [3.8, 4) is 0 Å². The second-order valence-electron chi connectivity index (χ2n) is 6.48. The molecular weight excluding hydrogens is 374 g/mol. The third kappa shape index (κ3) is 10.2. The fraction of sp³-hybridized carbons (Fsp3) is 0.750. The molecule has 0 aliphatic rings. The molecule has 0 aromatic heterocycles. The van der Waals surface area contributed by atoms with Gasteiger partial charge in [-0.25, -0.2) is 0 Å². The van der Waals surface area contributed by atoms with Gasteiger partial charge in [-0.1, -0.05) is 13.8 Å². The molecule has 0 fully saturated rings. The van der Waals surface area contributed by atoms with Crippen molar-refractivity contribution in [1.29, 1.82) is 0 Å². The number of hydrogen-bond donors (Lipinski definition) is 7. The van der Waals surface area contributed by atoms with E-state index in [9.17, 15) is 19.2 Å². The fourth-order valence-corrected chi connectivity index (χ4v) is 2.35. The molecule has 0 aromatic rings. The van der Waals surface area contributed by atoms with Gasteiger partial charge in [0.25, 0.3) is 0 Å². The smallest absolute Gasteiger partial charge is 0.322 e. The Balaban J connectivity index is 5.09. The summed E-state index contributed by atoms with van der Waals surface area (Å²) in [7, 11) is 0. The molecule has 10 nitrogen and oxygen atoms in total. The zero-order chi connectivity index (χ0) is 21.0. The summed E-state index contributed by atoms with van der Waals surface area (Å²) in [6, 6.07) is -2.69. The van der Waals surface area contributed by atoms with Crippen LogP contribution in [0, 0.1) is 5.92 Å². The summed E-state index contributed by atoms with van der Waals surface area (Å²) in [5, 5.41) is 16.1. The van der Waals surface area contributed by atoms with Gasteiger partial charge < -0.3 is 32.5 Å². The number of carboxylic acid groups (broad SMARTS) is 1. The van der Waals surface area contributed by atoms with Gasteiger partial charge in [0.15, 0.2) is 0 Å². The largest absolute Gasteiger partial charge is 0.480 e. The Labute approximate surface area is 164 Å². The first kappa shape index (κ1) is 25.1. The number of carboxylic acids is 1. The van der Waals surface area contributed by atoms with Crippen LogP contribution in [0.1, 0.15) is 33.1 Å². The number of carbonyl (C=O) groups is 4. The number of nitrogens with two attached hydrogens (primary N) is 2. The van der Waals surface area contributed by atoms with E-state index in [-0.39, 0.29) is 11.7 Å². The minimum atomic E-state index is -1.19. The molecule has 0 saturated carbocycles. The van der Waals surface area contributed by atoms with Crippen molar-refractivity contribution in [3.63, 3.8) is 0 Å². The lowest BCUT2D eigenvalue weighted by Gasteiger charge is -2.25. The second-order valence-corrected chi connectivity index (χ2v) is 6.84. The van der Waals surface area contributed by atoms with E-state index in [1.807, 2.05) is 0 Å². The van der Waals surface area contributed by atoms with Crippen molar-refractivity contribution in [2.75, 3.05) is 18.8 Å². The monoisotopic (exact) mass is 405 g/mol. The van der Waals surface area contributed by atoms with E-state index >= 15 is 0 Å². The number of unbranched alkanes of at least 4 members (excludes halogenated alkanes) is 1. The first-order valence-corrected chi connectivity index (χ1v) is 9.44. The Bertz CT molecular complexity index is 517. The maximum absolute atomic E-state index is 12.6. The van der Waals surface area contributed by atoms with Crippen LogP contribution in [0.5, 0.6) is 0 Å². The van der Waals surface area contributed by atoms with E-state index in [0.29, 0.717) is 25.8 Å². The van der Waals surface area contributed by atoms with E-state index in [4.69, 9.17) is 16.6 Å². The Kier molecular flexibility index (Phi) is 12.4. The number of nitrogens with one attached hydrogen (secondary N) is 3. The lowest BCUT2D eigenvalue weighted by atomic mass is 10.0. The Hall–Kier alpha value is -1.85. The van der Waals surface area contributed by atoms with E-state index in [0.717, 1.165) is 0 Å². The first-order chi connectivity index (χ1) is 12.6. The second kappa shape index (κ2) is 13.3. The van der Waals surface area contributed by atoms with E-state index in [1.165, 1.54) is 0 Å². The van der Waals surface area contributed by atoms with Crippen molar-refractivity contribution < 1.29 is 24.3 Å². The lowest BCUT2D eigenvalue weighted by Crippen LogP contribution is -2.57. The SMILES string of the molecule is CC(C)C(NC(=O)C(CCCCN)NC(=O)C(N)CS)C(=O)NCC(=O)O. The molecule has 3 unspecified atom stereocenters. The van der Waals surface area contributed by atoms with Gasteiger partial charge in [0.1, 0.15) is 18.6 Å². The first-order valence-electron chi connectivity index (χ1n) is 8.80. The number of hydrogen-bond acceptors (Lipinski definition) is 7. The van der Waals surface area contributed by atoms with E-state index in [1.54, 1.807) is 13.8 Å². The Morgan fingerprint density at radius 3 is 2.15 bits per heavy atom. The van der Waals surface area contributed by atoms with Crippen LogP contribution in [-0.4, -0.2) is 65.8 Å². The quantitative estimate of drug-likeness (QED) is 0.140. The molecule has 0 aromatic carbocycles. The lowest BCUT2D eigenvalue weighted by molar-refractivity contribution is -0.139. The average Bonchev–Trinajstić information content (AvgIpc) is 2.61. The van der Waals surface area contributed by atoms with Crippen molar-refractivity contribution in [2.24, 2.45) is 17.4 Å². The summed E-state index contributed by atoms with van der Waals surface area (Å²) in [5.74, 6) is -3.03. The van der Waals surface area contributed by atoms with Crippen molar-refractivity contribution in [1.82, 2.24) is 16.0 Å². The van der Waals surface area contributed by atoms with E-state index < -0.39 is 48.4 Å². The number of amides is 3. The van der Waals surface area contributed by atoms with Crippen LogP contribution >= 0.6 is 12.6 Å². The molecule has 0 aliphatic heterocycles. The molecule has 11 heteroatoms. The number of carbonyl (C=O) groups excluding carboxylic acids is 3. The van der Waals surface area contributed by atoms with E-state index in [2.05, 4.69) is 28.6 Å². The molecule has 0 spiro atoms. The molecule has 27 heavy (non-hydrogen) atoms. The number of thiol groups is 1. The van der Waals surface area contributed by atoms with Gasteiger partial charge in [-0.15, -0.1) is 0 Å². The van der Waals surface area contributed by atoms with Crippen LogP contribution in [0.15, 0.2) is 0 Å². The highest BCUT2D eigenvalue weighted by atomic mass is 32.1. The van der Waals surface area contributed by atoms with Crippen LogP contribution in [0.2, 0.25) is 0 Å². The number of aliphatic carboxylic acids is 1. The highest BCUT2D eigenvalue weighted by Gasteiger charge is 2.29. The van der Waals surface area contributed by atoms with Gasteiger partial charge in [-0.05, 0) is 31.7 Å². The van der Waals surface area contributed by atoms with Gasteiger partial charge in [-0.3, -0.25) is 19.2 Å². The molecule has 0 saturated heterocycles. The standard InChI is InChI=1S/C16H31N5O5S/c1-9(2)13(16(26)19-7-12(22)23)21-15(25)11(5-3-4-6-17)20-14(24)10(18)8-27/h9-11,13,27H,3-8,17-18H2,1-2H3,(H,19,26)(H,20,24)(H,21,25)(H,22,23). The molecule has 0 rings (SSSR count). The predicted octanol–water partition coefficient (Wildman–Crippen LogP) is -1.80. The summed E-state index contributed by atoms with van der Waals surface area (Å²) in [4.78, 5) is 47.4. The minimum absolute atomic E-state index is 0.120. The van der Waals surface area contributed by atoms with Gasteiger partial charge in [0.05, 0.1) is 6.04 Å². The van der Waals surface area contributed by atoms with Gasteiger partial charge in [0, 0.05) is 5.75 Å². The fourth-order valence-electron chi connectivity index (χ4n) is 2.18. The molecule has 3 atom stereocenters. The highest BCUT2D eigenvalue weighted by molar-refractivity contribution is 7.80. The molecule has 0 radical (unpaired) electrons. The molecule has 0 aliphatic carbocycles. The van der Waals surface area contributed by atoms with Crippen molar-refractivity contribution in [2.45, 2.75) is 51.2 Å². The Morgan fingerprint density at radius 2 is 1.67 bits per heavy atom. The summed E-state index contributed by atoms with van der Waals surface area (Å²) in [5.41, 5.74) is 11.1. The summed E-state index contributed by atoms with van der Waals surface area (Å²) >= 11 is 3.96. The van der Waals surface area contributed by atoms with Crippen LogP contribution in [0.4, 0.5) is 0 Å². The molecule has 156 valence electrons. The predicted molar refractivity (Wildman–Crippen MR) is 104 cm³/mol. The van der Waals surface area contributed by atoms with Gasteiger partial charge in [-0.2, -0.15) is 12.6 Å². The zero-order valence-corrected chi connectivity index (χ0v) is 16.6.